The van der Waals surface area contributed by atoms with Crippen molar-refractivity contribution in [1.82, 2.24) is 4.98 Å². The van der Waals surface area contributed by atoms with Gasteiger partial charge in [-0.05, 0) is 60.4 Å². The van der Waals surface area contributed by atoms with E-state index in [1.165, 1.54) is 5.56 Å². The minimum atomic E-state index is -0.451. The molecule has 0 aliphatic heterocycles. The molecule has 32 heavy (non-hydrogen) atoms. The number of fused-ring (bicyclic) bond motifs is 1. The van der Waals surface area contributed by atoms with Gasteiger partial charge in [-0.3, -0.25) is 4.79 Å². The van der Waals surface area contributed by atoms with Crippen molar-refractivity contribution < 1.29 is 13.9 Å². The molecule has 0 radical (unpaired) electrons. The number of benzene rings is 3. The Hall–Kier alpha value is -3.93. The van der Waals surface area contributed by atoms with Crippen LogP contribution in [0, 0.1) is 0 Å². The Labute approximate surface area is 185 Å². The van der Waals surface area contributed by atoms with Crippen LogP contribution in [0.5, 0.6) is 5.75 Å². The molecule has 1 heterocycles. The molecule has 6 nitrogen and oxygen atoms in total. The second kappa shape index (κ2) is 9.47. The highest BCUT2D eigenvalue weighted by molar-refractivity contribution is 5.92. The fourth-order valence-electron chi connectivity index (χ4n) is 3.35. The summed E-state index contributed by atoms with van der Waals surface area (Å²) in [5.41, 5.74) is 2.50. The number of anilines is 1. The first-order chi connectivity index (χ1) is 15.5. The highest BCUT2D eigenvalue weighted by atomic mass is 16.5. The first-order valence-corrected chi connectivity index (χ1v) is 10.6. The van der Waals surface area contributed by atoms with Crippen LogP contribution in [0.1, 0.15) is 31.7 Å². The van der Waals surface area contributed by atoms with Crippen LogP contribution in [-0.2, 0) is 4.79 Å². The summed E-state index contributed by atoms with van der Waals surface area (Å²) in [5.74, 6) is 1.03. The van der Waals surface area contributed by atoms with Crippen molar-refractivity contribution in [2.45, 2.75) is 26.2 Å². The third kappa shape index (κ3) is 4.86. The Morgan fingerprint density at radius 2 is 1.84 bits per heavy atom. The normalized spacial score (nSPS) is 11.8. The van der Waals surface area contributed by atoms with E-state index >= 15 is 0 Å². The Bertz CT molecular complexity index is 1300. The van der Waals surface area contributed by atoms with Gasteiger partial charge in [0.25, 0.3) is 5.91 Å². The molecule has 3 aromatic carbocycles. The Morgan fingerprint density at radius 1 is 1.06 bits per heavy atom. The van der Waals surface area contributed by atoms with Crippen LogP contribution in [0.25, 0.3) is 22.4 Å². The van der Waals surface area contributed by atoms with Crippen LogP contribution in [0.2, 0.25) is 0 Å². The number of rotatable bonds is 7. The van der Waals surface area contributed by atoms with Crippen LogP contribution in [0.15, 0.2) is 82.0 Å². The van der Waals surface area contributed by atoms with Crippen LogP contribution in [-0.4, -0.2) is 17.5 Å². The van der Waals surface area contributed by atoms with E-state index in [9.17, 15) is 9.59 Å². The van der Waals surface area contributed by atoms with Crippen molar-refractivity contribution in [3.63, 3.8) is 0 Å². The Kier molecular flexibility index (Phi) is 6.31. The van der Waals surface area contributed by atoms with Gasteiger partial charge in [0.15, 0.2) is 6.61 Å². The van der Waals surface area contributed by atoms with Gasteiger partial charge in [-0.25, -0.2) is 9.78 Å². The van der Waals surface area contributed by atoms with E-state index in [-0.39, 0.29) is 18.4 Å². The molecule has 0 aliphatic rings. The van der Waals surface area contributed by atoms with Crippen molar-refractivity contribution >= 4 is 22.5 Å². The second-order valence-electron chi connectivity index (χ2n) is 7.62. The molecule has 1 unspecified atom stereocenters. The molecule has 4 rings (SSSR count). The van der Waals surface area contributed by atoms with E-state index in [0.29, 0.717) is 33.8 Å². The van der Waals surface area contributed by atoms with Crippen molar-refractivity contribution in [2.24, 2.45) is 0 Å². The lowest BCUT2D eigenvalue weighted by Gasteiger charge is -2.11. The molecular weight excluding hydrogens is 404 g/mol. The predicted molar refractivity (Wildman–Crippen MR) is 125 cm³/mol. The maximum atomic E-state index is 12.4. The number of hydrogen-bond acceptors (Lipinski definition) is 5. The number of nitrogens with one attached hydrogen (secondary N) is 1. The molecular formula is C26H24N2O4. The van der Waals surface area contributed by atoms with Crippen LogP contribution in [0.4, 0.5) is 5.69 Å². The Balaban J connectivity index is 1.43. The summed E-state index contributed by atoms with van der Waals surface area (Å²) >= 11 is 0. The smallest absolute Gasteiger partial charge is 0.347 e. The summed E-state index contributed by atoms with van der Waals surface area (Å²) in [7, 11) is 0. The molecule has 0 saturated carbocycles. The number of nitrogens with zero attached hydrogens (tertiary/aromatic N) is 1. The van der Waals surface area contributed by atoms with Gasteiger partial charge in [0.2, 0.25) is 5.89 Å². The summed E-state index contributed by atoms with van der Waals surface area (Å²) in [5, 5.41) is 3.23. The molecule has 0 aliphatic carbocycles. The molecule has 0 spiro atoms. The molecule has 6 heteroatoms. The molecule has 0 bridgehead atoms. The topological polar surface area (TPSA) is 81.4 Å². The van der Waals surface area contributed by atoms with Gasteiger partial charge in [-0.2, -0.15) is 0 Å². The van der Waals surface area contributed by atoms with E-state index < -0.39 is 5.63 Å². The van der Waals surface area contributed by atoms with E-state index in [1.54, 1.807) is 42.5 Å². The van der Waals surface area contributed by atoms with Crippen molar-refractivity contribution in [3.05, 3.63) is 88.8 Å². The average Bonchev–Trinajstić information content (AvgIpc) is 2.83. The zero-order valence-corrected chi connectivity index (χ0v) is 18.0. The third-order valence-electron chi connectivity index (χ3n) is 5.36. The standard InChI is InChI=1S/C26H24N2O4/c1-3-17(2)18-11-13-21(14-12-18)31-16-24(29)27-20-8-6-7-19(15-20)25-28-23-10-5-4-9-22(23)26(30)32-25/h4-15,17H,3,16H2,1-2H3,(H,27,29). The van der Waals surface area contributed by atoms with Crippen LogP contribution in [0.3, 0.4) is 0 Å². The number of para-hydroxylation sites is 1. The molecule has 162 valence electrons. The predicted octanol–water partition coefficient (Wildman–Crippen LogP) is 5.39. The number of carbonyl (C=O) groups is 1. The number of ether oxygens (including phenoxy) is 1. The second-order valence-corrected chi connectivity index (χ2v) is 7.62. The maximum absolute atomic E-state index is 12.4. The molecule has 1 aromatic heterocycles. The zero-order chi connectivity index (χ0) is 22.5. The van der Waals surface area contributed by atoms with Crippen LogP contribution >= 0.6 is 0 Å². The van der Waals surface area contributed by atoms with E-state index in [0.717, 1.165) is 6.42 Å². The summed E-state index contributed by atoms with van der Waals surface area (Å²) < 4.78 is 11.0. The molecule has 0 saturated heterocycles. The quantitative estimate of drug-likeness (QED) is 0.427. The monoisotopic (exact) mass is 428 g/mol. The Morgan fingerprint density at radius 3 is 2.62 bits per heavy atom. The lowest BCUT2D eigenvalue weighted by Crippen LogP contribution is -2.20. The fraction of sp³-hybridized carbons (Fsp3) is 0.192. The number of carbonyl (C=O) groups excluding carboxylic acids is 1. The first-order valence-electron chi connectivity index (χ1n) is 10.6. The van der Waals surface area contributed by atoms with E-state index in [2.05, 4.69) is 24.1 Å². The lowest BCUT2D eigenvalue weighted by molar-refractivity contribution is -0.118. The zero-order valence-electron chi connectivity index (χ0n) is 18.0. The van der Waals surface area contributed by atoms with Gasteiger partial charge in [0.1, 0.15) is 5.75 Å². The average molecular weight is 428 g/mol. The number of aromatic nitrogens is 1. The van der Waals surface area contributed by atoms with Gasteiger partial charge in [0.05, 0.1) is 10.9 Å². The summed E-state index contributed by atoms with van der Waals surface area (Å²) in [4.78, 5) is 29.0. The van der Waals surface area contributed by atoms with Gasteiger partial charge in [0, 0.05) is 11.3 Å². The molecule has 0 fully saturated rings. The molecule has 4 aromatic rings. The van der Waals surface area contributed by atoms with E-state index in [1.807, 2.05) is 30.3 Å². The molecule has 1 N–H and O–H groups in total. The first kappa shape index (κ1) is 21.3. The van der Waals surface area contributed by atoms with Gasteiger partial charge in [-0.15, -0.1) is 0 Å². The highest BCUT2D eigenvalue weighted by Crippen LogP contribution is 2.23. The summed E-state index contributed by atoms with van der Waals surface area (Å²) in [6.07, 6.45) is 1.07. The lowest BCUT2D eigenvalue weighted by atomic mass is 9.99. The minimum Gasteiger partial charge on any atom is -0.484 e. The fourth-order valence-corrected chi connectivity index (χ4v) is 3.35. The van der Waals surface area contributed by atoms with E-state index in [4.69, 9.17) is 9.15 Å². The van der Waals surface area contributed by atoms with Crippen LogP contribution < -0.4 is 15.7 Å². The van der Waals surface area contributed by atoms with Crippen molar-refractivity contribution in [3.8, 4) is 17.2 Å². The van der Waals surface area contributed by atoms with Gasteiger partial charge in [-0.1, -0.05) is 44.2 Å². The number of hydrogen-bond donors (Lipinski definition) is 1. The van der Waals surface area contributed by atoms with Crippen molar-refractivity contribution in [1.29, 1.82) is 0 Å². The van der Waals surface area contributed by atoms with Crippen molar-refractivity contribution in [2.75, 3.05) is 11.9 Å². The molecule has 1 atom stereocenters. The largest absolute Gasteiger partial charge is 0.484 e. The van der Waals surface area contributed by atoms with Gasteiger partial charge >= 0.3 is 5.63 Å². The minimum absolute atomic E-state index is 0.115. The summed E-state index contributed by atoms with van der Waals surface area (Å²) in [6.45, 7) is 4.21. The summed E-state index contributed by atoms with van der Waals surface area (Å²) in [6, 6.07) is 21.8. The van der Waals surface area contributed by atoms with Gasteiger partial charge < -0.3 is 14.5 Å². The molecule has 1 amide bonds. The highest BCUT2D eigenvalue weighted by Gasteiger charge is 2.10. The SMILES string of the molecule is CCC(C)c1ccc(OCC(=O)Nc2cccc(-c3nc4ccccc4c(=O)o3)c2)cc1. The third-order valence-corrected chi connectivity index (χ3v) is 5.36. The maximum Gasteiger partial charge on any atom is 0.347 e. The number of amides is 1.